The van der Waals surface area contributed by atoms with Crippen molar-refractivity contribution in [2.75, 3.05) is 13.1 Å². The van der Waals surface area contributed by atoms with Crippen LogP contribution in [0.1, 0.15) is 19.3 Å². The van der Waals surface area contributed by atoms with Crippen LogP contribution in [0, 0.1) is 10.1 Å². The van der Waals surface area contributed by atoms with E-state index in [2.05, 4.69) is 5.10 Å². The van der Waals surface area contributed by atoms with Gasteiger partial charge in [-0.1, -0.05) is 6.42 Å². The van der Waals surface area contributed by atoms with Crippen LogP contribution in [0.4, 0.5) is 5.69 Å². The second kappa shape index (κ2) is 5.79. The van der Waals surface area contributed by atoms with E-state index in [9.17, 15) is 14.9 Å². The molecule has 1 aromatic rings. The maximum atomic E-state index is 11.1. The molecule has 0 saturated carbocycles. The van der Waals surface area contributed by atoms with Gasteiger partial charge in [0.05, 0.1) is 11.5 Å². The van der Waals surface area contributed by atoms with Crippen molar-refractivity contribution in [2.45, 2.75) is 31.8 Å². The van der Waals surface area contributed by atoms with Gasteiger partial charge in [0.1, 0.15) is 18.4 Å². The van der Waals surface area contributed by atoms with Gasteiger partial charge in [-0.15, -0.1) is 0 Å². The highest BCUT2D eigenvalue weighted by molar-refractivity contribution is 5.73. The Balaban J connectivity index is 1.92. The largest absolute Gasteiger partial charge is 0.480 e. The van der Waals surface area contributed by atoms with Crippen LogP contribution in [0.25, 0.3) is 0 Å². The summed E-state index contributed by atoms with van der Waals surface area (Å²) in [6, 6.07) is -0.445. The minimum absolute atomic E-state index is 0.0478. The number of likely N-dealkylation sites (tertiary alicyclic amines) is 1. The molecule has 1 aliphatic heterocycles. The molecule has 1 unspecified atom stereocenters. The molecular weight excluding hydrogens is 252 g/mol. The van der Waals surface area contributed by atoms with Crippen LogP contribution in [0.15, 0.2) is 12.4 Å². The number of piperidine rings is 1. The minimum atomic E-state index is -0.800. The molecule has 8 heteroatoms. The van der Waals surface area contributed by atoms with Gasteiger partial charge in [-0.2, -0.15) is 5.10 Å². The predicted octanol–water partition coefficient (Wildman–Crippen LogP) is 0.730. The van der Waals surface area contributed by atoms with E-state index in [0.29, 0.717) is 19.5 Å². The molecule has 1 aromatic heterocycles. The fourth-order valence-electron chi connectivity index (χ4n) is 2.34. The zero-order valence-corrected chi connectivity index (χ0v) is 10.4. The average Bonchev–Trinajstić information content (AvgIpc) is 2.85. The van der Waals surface area contributed by atoms with Crippen LogP contribution < -0.4 is 0 Å². The first-order chi connectivity index (χ1) is 9.08. The minimum Gasteiger partial charge on any atom is -0.480 e. The summed E-state index contributed by atoms with van der Waals surface area (Å²) in [5.74, 6) is -0.800. The molecule has 1 aliphatic rings. The molecule has 0 aromatic carbocycles. The second-order valence-electron chi connectivity index (χ2n) is 4.60. The third kappa shape index (κ3) is 3.28. The number of rotatable bonds is 5. The predicted molar refractivity (Wildman–Crippen MR) is 65.7 cm³/mol. The lowest BCUT2D eigenvalue weighted by Crippen LogP contribution is -2.45. The first-order valence-corrected chi connectivity index (χ1v) is 6.21. The van der Waals surface area contributed by atoms with E-state index >= 15 is 0 Å². The highest BCUT2D eigenvalue weighted by Crippen LogP contribution is 2.17. The Bertz CT molecular complexity index is 473. The molecule has 0 spiro atoms. The lowest BCUT2D eigenvalue weighted by Gasteiger charge is -2.32. The molecule has 1 saturated heterocycles. The molecule has 0 radical (unpaired) electrons. The molecular formula is C11H16N4O4. The Morgan fingerprint density at radius 1 is 1.53 bits per heavy atom. The third-order valence-corrected chi connectivity index (χ3v) is 3.35. The van der Waals surface area contributed by atoms with Crippen LogP contribution in [0.2, 0.25) is 0 Å². The fraction of sp³-hybridized carbons (Fsp3) is 0.636. The van der Waals surface area contributed by atoms with Gasteiger partial charge in [-0.25, -0.2) is 0 Å². The van der Waals surface area contributed by atoms with Gasteiger partial charge >= 0.3 is 11.7 Å². The first kappa shape index (κ1) is 13.5. The Hall–Kier alpha value is -1.96. The molecule has 2 rings (SSSR count). The number of nitro groups is 1. The Labute approximate surface area is 109 Å². The summed E-state index contributed by atoms with van der Waals surface area (Å²) >= 11 is 0. The van der Waals surface area contributed by atoms with Crippen molar-refractivity contribution in [3.63, 3.8) is 0 Å². The molecule has 0 amide bonds. The van der Waals surface area contributed by atoms with E-state index in [1.54, 1.807) is 0 Å². The quantitative estimate of drug-likeness (QED) is 0.624. The highest BCUT2D eigenvalue weighted by Gasteiger charge is 2.27. The monoisotopic (exact) mass is 268 g/mol. The third-order valence-electron chi connectivity index (χ3n) is 3.35. The molecule has 2 heterocycles. The van der Waals surface area contributed by atoms with Crippen molar-refractivity contribution in [3.8, 4) is 0 Å². The normalized spacial score (nSPS) is 20.3. The van der Waals surface area contributed by atoms with Gasteiger partial charge < -0.3 is 5.11 Å². The van der Waals surface area contributed by atoms with Crippen LogP contribution in [-0.4, -0.2) is 49.8 Å². The molecule has 19 heavy (non-hydrogen) atoms. The lowest BCUT2D eigenvalue weighted by atomic mass is 10.0. The SMILES string of the molecule is O=C(O)C1CCCCN1CCn1cc([N+](=O)[O-])cn1. The standard InChI is InChI=1S/C11H16N4O4/c16-11(17)10-3-1-2-4-13(10)5-6-14-8-9(7-12-14)15(18)19/h7-8,10H,1-6H2,(H,16,17). The van der Waals surface area contributed by atoms with Crippen molar-refractivity contribution >= 4 is 11.7 Å². The zero-order chi connectivity index (χ0) is 13.8. The van der Waals surface area contributed by atoms with Crippen LogP contribution in [-0.2, 0) is 11.3 Å². The van der Waals surface area contributed by atoms with Gasteiger partial charge in [-0.05, 0) is 19.4 Å². The average molecular weight is 268 g/mol. The summed E-state index contributed by atoms with van der Waals surface area (Å²) in [6.07, 6.45) is 5.14. The fourth-order valence-corrected chi connectivity index (χ4v) is 2.34. The number of carbonyl (C=O) groups is 1. The van der Waals surface area contributed by atoms with Crippen molar-refractivity contribution in [1.82, 2.24) is 14.7 Å². The number of nitrogens with zero attached hydrogens (tertiary/aromatic N) is 4. The summed E-state index contributed by atoms with van der Waals surface area (Å²) in [6.45, 7) is 1.74. The number of hydrogen-bond donors (Lipinski definition) is 1. The molecule has 1 atom stereocenters. The van der Waals surface area contributed by atoms with E-state index in [-0.39, 0.29) is 5.69 Å². The first-order valence-electron chi connectivity index (χ1n) is 6.21. The van der Waals surface area contributed by atoms with E-state index in [4.69, 9.17) is 5.11 Å². The van der Waals surface area contributed by atoms with Crippen molar-refractivity contribution in [3.05, 3.63) is 22.5 Å². The van der Waals surface area contributed by atoms with Gasteiger partial charge in [0.2, 0.25) is 0 Å². The topological polar surface area (TPSA) is 102 Å². The Kier molecular flexibility index (Phi) is 4.10. The number of carboxylic acids is 1. The van der Waals surface area contributed by atoms with Gasteiger partial charge in [0.15, 0.2) is 0 Å². The van der Waals surface area contributed by atoms with Gasteiger partial charge in [0.25, 0.3) is 0 Å². The van der Waals surface area contributed by atoms with Crippen molar-refractivity contribution in [2.24, 2.45) is 0 Å². The van der Waals surface area contributed by atoms with E-state index in [1.807, 2.05) is 4.90 Å². The number of aromatic nitrogens is 2. The molecule has 104 valence electrons. The summed E-state index contributed by atoms with van der Waals surface area (Å²) in [7, 11) is 0. The van der Waals surface area contributed by atoms with E-state index < -0.39 is 16.9 Å². The van der Waals surface area contributed by atoms with Crippen LogP contribution >= 0.6 is 0 Å². The summed E-state index contributed by atoms with van der Waals surface area (Å²) in [5.41, 5.74) is -0.0478. The van der Waals surface area contributed by atoms with E-state index in [0.717, 1.165) is 19.4 Å². The number of hydrogen-bond acceptors (Lipinski definition) is 5. The zero-order valence-electron chi connectivity index (χ0n) is 10.4. The number of aliphatic carboxylic acids is 1. The van der Waals surface area contributed by atoms with Crippen molar-refractivity contribution in [1.29, 1.82) is 0 Å². The Morgan fingerprint density at radius 3 is 2.95 bits per heavy atom. The van der Waals surface area contributed by atoms with Crippen LogP contribution in [0.5, 0.6) is 0 Å². The molecule has 1 N–H and O–H groups in total. The summed E-state index contributed by atoms with van der Waals surface area (Å²) < 4.78 is 1.48. The molecule has 0 bridgehead atoms. The smallest absolute Gasteiger partial charge is 0.320 e. The summed E-state index contributed by atoms with van der Waals surface area (Å²) in [5, 5.41) is 23.5. The lowest BCUT2D eigenvalue weighted by molar-refractivity contribution is -0.385. The molecule has 1 fully saturated rings. The maximum Gasteiger partial charge on any atom is 0.320 e. The molecule has 0 aliphatic carbocycles. The Morgan fingerprint density at radius 2 is 2.32 bits per heavy atom. The van der Waals surface area contributed by atoms with Crippen molar-refractivity contribution < 1.29 is 14.8 Å². The maximum absolute atomic E-state index is 11.1. The van der Waals surface area contributed by atoms with Crippen LogP contribution in [0.3, 0.4) is 0 Å². The highest BCUT2D eigenvalue weighted by atomic mass is 16.6. The number of carboxylic acid groups (broad SMARTS) is 1. The summed E-state index contributed by atoms with van der Waals surface area (Å²) in [4.78, 5) is 23.0. The second-order valence-corrected chi connectivity index (χ2v) is 4.60. The van der Waals surface area contributed by atoms with Gasteiger partial charge in [0, 0.05) is 6.54 Å². The van der Waals surface area contributed by atoms with E-state index in [1.165, 1.54) is 17.1 Å². The molecule has 8 nitrogen and oxygen atoms in total. The van der Waals surface area contributed by atoms with Gasteiger partial charge in [-0.3, -0.25) is 24.5 Å².